The van der Waals surface area contributed by atoms with Gasteiger partial charge in [-0.2, -0.15) is 0 Å². The summed E-state index contributed by atoms with van der Waals surface area (Å²) in [5.41, 5.74) is 3.67. The van der Waals surface area contributed by atoms with E-state index in [0.717, 1.165) is 51.6 Å². The molecule has 0 spiro atoms. The summed E-state index contributed by atoms with van der Waals surface area (Å²) in [6.45, 7) is 7.50. The van der Waals surface area contributed by atoms with Crippen LogP contribution in [-0.4, -0.2) is 60.9 Å². The van der Waals surface area contributed by atoms with Gasteiger partial charge in [-0.3, -0.25) is 0 Å². The molecule has 2 saturated heterocycles. The van der Waals surface area contributed by atoms with Crippen molar-refractivity contribution in [3.63, 3.8) is 0 Å². The average Bonchev–Trinajstić information content (AvgIpc) is 2.89. The molecule has 3 aromatic rings. The highest BCUT2D eigenvalue weighted by Gasteiger charge is 2.30. The fraction of sp³-hybridized carbons (Fsp3) is 0.333. The first kappa shape index (κ1) is 21.8. The molecule has 5 rings (SSSR count). The zero-order chi connectivity index (χ0) is 22.5. The van der Waals surface area contributed by atoms with Gasteiger partial charge in [0.2, 0.25) is 0 Å². The van der Waals surface area contributed by atoms with Crippen molar-refractivity contribution in [3.8, 4) is 11.5 Å². The number of ether oxygens (including phenoxy) is 1. The van der Waals surface area contributed by atoms with Crippen LogP contribution in [0.1, 0.15) is 17.2 Å². The molecule has 1 atom stereocenters. The molecule has 2 aliphatic heterocycles. The third-order valence-corrected chi connectivity index (χ3v) is 6.56. The minimum absolute atomic E-state index is 0.317. The highest BCUT2D eigenvalue weighted by molar-refractivity contribution is 5.49. The van der Waals surface area contributed by atoms with Crippen LogP contribution in [0.15, 0.2) is 78.9 Å². The Bertz CT molecular complexity index is 1000. The second kappa shape index (κ2) is 10.3. The van der Waals surface area contributed by atoms with Gasteiger partial charge in [0, 0.05) is 51.5 Å². The number of aromatic hydroxyl groups is 1. The van der Waals surface area contributed by atoms with Crippen molar-refractivity contribution in [1.29, 1.82) is 0 Å². The van der Waals surface area contributed by atoms with Crippen LogP contribution in [0.2, 0.25) is 0 Å². The molecule has 172 valence electrons. The molecule has 0 bridgehead atoms. The number of phenolic OH excluding ortho intramolecular Hbond substituents is 1. The topological polar surface area (TPSA) is 51.2 Å². The van der Waals surface area contributed by atoms with E-state index in [4.69, 9.17) is 4.74 Å². The van der Waals surface area contributed by atoms with Crippen molar-refractivity contribution in [2.24, 2.45) is 0 Å². The Kier molecular flexibility index (Phi) is 6.76. The van der Waals surface area contributed by atoms with Gasteiger partial charge in [-0.25, -0.2) is 10.0 Å². The molecule has 1 unspecified atom stereocenters. The standard InChI is InChI=1S/C27H32N4O2/c32-25-10-8-24(9-11-25)29-16-18-30(19-17-29)31-15-14-28-20-27(31)23-6-12-26(13-7-23)33-21-22-4-2-1-3-5-22/h1-13,27-28,32H,14-21H2. The van der Waals surface area contributed by atoms with Crippen LogP contribution in [0, 0.1) is 0 Å². The summed E-state index contributed by atoms with van der Waals surface area (Å²) < 4.78 is 5.98. The number of rotatable bonds is 6. The van der Waals surface area contributed by atoms with Crippen LogP contribution in [-0.2, 0) is 6.61 Å². The van der Waals surface area contributed by atoms with Crippen LogP contribution in [0.3, 0.4) is 0 Å². The second-order valence-corrected chi connectivity index (χ2v) is 8.68. The van der Waals surface area contributed by atoms with Gasteiger partial charge in [-0.05, 0) is 47.5 Å². The molecule has 0 radical (unpaired) electrons. The molecule has 3 aromatic carbocycles. The van der Waals surface area contributed by atoms with E-state index in [1.807, 2.05) is 30.3 Å². The van der Waals surface area contributed by atoms with Gasteiger partial charge in [0.05, 0.1) is 6.04 Å². The number of nitrogens with one attached hydrogen (secondary N) is 1. The van der Waals surface area contributed by atoms with Gasteiger partial charge in [0.25, 0.3) is 0 Å². The van der Waals surface area contributed by atoms with E-state index >= 15 is 0 Å². The van der Waals surface area contributed by atoms with Crippen molar-refractivity contribution in [2.75, 3.05) is 50.7 Å². The van der Waals surface area contributed by atoms with E-state index in [9.17, 15) is 5.11 Å². The van der Waals surface area contributed by atoms with Crippen molar-refractivity contribution in [1.82, 2.24) is 15.3 Å². The van der Waals surface area contributed by atoms with Crippen LogP contribution in [0.5, 0.6) is 11.5 Å². The number of hydrogen-bond donors (Lipinski definition) is 2. The lowest BCUT2D eigenvalue weighted by Crippen LogP contribution is -2.59. The molecule has 0 saturated carbocycles. The third kappa shape index (κ3) is 5.30. The Morgan fingerprint density at radius 1 is 0.818 bits per heavy atom. The number of anilines is 1. The van der Waals surface area contributed by atoms with E-state index < -0.39 is 0 Å². The Morgan fingerprint density at radius 3 is 2.27 bits per heavy atom. The number of phenols is 1. The van der Waals surface area contributed by atoms with Gasteiger partial charge < -0.3 is 20.1 Å². The van der Waals surface area contributed by atoms with Crippen molar-refractivity contribution in [3.05, 3.63) is 90.0 Å². The summed E-state index contributed by atoms with van der Waals surface area (Å²) in [6.07, 6.45) is 0. The van der Waals surface area contributed by atoms with Crippen LogP contribution in [0.4, 0.5) is 5.69 Å². The van der Waals surface area contributed by atoms with Crippen molar-refractivity contribution >= 4 is 5.69 Å². The summed E-state index contributed by atoms with van der Waals surface area (Å²) in [5.74, 6) is 1.22. The van der Waals surface area contributed by atoms with Gasteiger partial charge in [-0.1, -0.05) is 42.5 Å². The minimum Gasteiger partial charge on any atom is -0.508 e. The maximum atomic E-state index is 9.56. The predicted molar refractivity (Wildman–Crippen MR) is 131 cm³/mol. The number of nitrogens with zero attached hydrogens (tertiary/aromatic N) is 3. The lowest BCUT2D eigenvalue weighted by molar-refractivity contribution is -0.0764. The molecule has 33 heavy (non-hydrogen) atoms. The smallest absolute Gasteiger partial charge is 0.119 e. The summed E-state index contributed by atoms with van der Waals surface area (Å²) in [6, 6.07) is 26.7. The maximum absolute atomic E-state index is 9.56. The van der Waals surface area contributed by atoms with E-state index in [1.54, 1.807) is 12.1 Å². The normalized spacial score (nSPS) is 20.0. The van der Waals surface area contributed by atoms with Crippen molar-refractivity contribution < 1.29 is 9.84 Å². The maximum Gasteiger partial charge on any atom is 0.119 e. The Hall–Kier alpha value is -3.06. The number of hydrazine groups is 1. The summed E-state index contributed by atoms with van der Waals surface area (Å²) in [5, 5.41) is 18.2. The Morgan fingerprint density at radius 2 is 1.55 bits per heavy atom. The van der Waals surface area contributed by atoms with Crippen LogP contribution in [0.25, 0.3) is 0 Å². The highest BCUT2D eigenvalue weighted by Crippen LogP contribution is 2.28. The van der Waals surface area contributed by atoms with Crippen LogP contribution >= 0.6 is 0 Å². The van der Waals surface area contributed by atoms with Gasteiger partial charge in [0.1, 0.15) is 18.1 Å². The first-order valence-corrected chi connectivity index (χ1v) is 11.8. The van der Waals surface area contributed by atoms with Crippen LogP contribution < -0.4 is 15.0 Å². The average molecular weight is 445 g/mol. The van der Waals surface area contributed by atoms with E-state index in [1.165, 1.54) is 16.8 Å². The summed E-state index contributed by atoms with van der Waals surface area (Å²) >= 11 is 0. The fourth-order valence-corrected chi connectivity index (χ4v) is 4.72. The van der Waals surface area contributed by atoms with E-state index in [2.05, 4.69) is 56.6 Å². The molecular formula is C27H32N4O2. The molecule has 2 N–H and O–H groups in total. The first-order valence-electron chi connectivity index (χ1n) is 11.8. The molecule has 2 fully saturated rings. The Labute approximate surface area is 196 Å². The molecule has 6 heteroatoms. The summed E-state index contributed by atoms with van der Waals surface area (Å²) in [4.78, 5) is 2.39. The molecule has 2 heterocycles. The molecular weight excluding hydrogens is 412 g/mol. The lowest BCUT2D eigenvalue weighted by atomic mass is 10.0. The molecule has 6 nitrogen and oxygen atoms in total. The summed E-state index contributed by atoms with van der Waals surface area (Å²) in [7, 11) is 0. The van der Waals surface area contributed by atoms with Gasteiger partial charge in [-0.15, -0.1) is 0 Å². The zero-order valence-corrected chi connectivity index (χ0v) is 18.9. The minimum atomic E-state index is 0.317. The molecule has 2 aliphatic rings. The van der Waals surface area contributed by atoms with Gasteiger partial charge >= 0.3 is 0 Å². The zero-order valence-electron chi connectivity index (χ0n) is 18.9. The van der Waals surface area contributed by atoms with Crippen molar-refractivity contribution in [2.45, 2.75) is 12.6 Å². The highest BCUT2D eigenvalue weighted by atomic mass is 16.5. The number of benzene rings is 3. The molecule has 0 amide bonds. The first-order chi connectivity index (χ1) is 16.3. The lowest BCUT2D eigenvalue weighted by Gasteiger charge is -2.47. The predicted octanol–water partition coefficient (Wildman–Crippen LogP) is 3.65. The van der Waals surface area contributed by atoms with Gasteiger partial charge in [0.15, 0.2) is 0 Å². The Balaban J connectivity index is 1.20. The fourth-order valence-electron chi connectivity index (χ4n) is 4.72. The second-order valence-electron chi connectivity index (χ2n) is 8.68. The number of piperazine rings is 2. The third-order valence-electron chi connectivity index (χ3n) is 6.56. The van der Waals surface area contributed by atoms with E-state index in [0.29, 0.717) is 18.4 Å². The largest absolute Gasteiger partial charge is 0.508 e. The SMILES string of the molecule is Oc1ccc(N2CCN(N3CCNCC3c3ccc(OCc4ccccc4)cc3)CC2)cc1. The monoisotopic (exact) mass is 444 g/mol. The quantitative estimate of drug-likeness (QED) is 0.605. The number of hydrogen-bond acceptors (Lipinski definition) is 6. The molecule has 0 aromatic heterocycles. The molecule has 0 aliphatic carbocycles. The van der Waals surface area contributed by atoms with E-state index in [-0.39, 0.29) is 0 Å².